The molecule has 0 spiro atoms. The van der Waals surface area contributed by atoms with E-state index in [0.717, 1.165) is 19.3 Å². The molecule has 0 fully saturated rings. The van der Waals surface area contributed by atoms with Gasteiger partial charge in [0.2, 0.25) is 0 Å². The number of carbonyl (C=O) groups excluding carboxylic acids is 1. The molecule has 0 aliphatic heterocycles. The molecule has 1 aliphatic rings. The summed E-state index contributed by atoms with van der Waals surface area (Å²) in [5.74, 6) is -0.285. The Hall–Kier alpha value is -1.31. The predicted molar refractivity (Wildman–Crippen MR) is 52.2 cm³/mol. The smallest absolute Gasteiger partial charge is 0.330 e. The maximum absolute atomic E-state index is 10.7. The molecule has 0 saturated carbocycles. The Morgan fingerprint density at radius 1 is 1.69 bits per heavy atom. The van der Waals surface area contributed by atoms with Crippen LogP contribution < -0.4 is 0 Å². The van der Waals surface area contributed by atoms with Gasteiger partial charge in [-0.05, 0) is 19.3 Å². The van der Waals surface area contributed by atoms with Gasteiger partial charge in [-0.1, -0.05) is 29.9 Å². The number of rotatable bonds is 3. The molecule has 70 valence electrons. The Labute approximate surface area is 78.6 Å². The maximum Gasteiger partial charge on any atom is 0.330 e. The summed E-state index contributed by atoms with van der Waals surface area (Å²) in [7, 11) is 1.38. The summed E-state index contributed by atoms with van der Waals surface area (Å²) in [6, 6.07) is 0. The molecule has 0 aromatic rings. The van der Waals surface area contributed by atoms with Crippen molar-refractivity contribution >= 4 is 5.97 Å². The van der Waals surface area contributed by atoms with Gasteiger partial charge in [-0.2, -0.15) is 0 Å². The summed E-state index contributed by atoms with van der Waals surface area (Å²) in [6.07, 6.45) is 12.7. The fourth-order valence-electron chi connectivity index (χ4n) is 1.20. The lowest BCUT2D eigenvalue weighted by atomic mass is 10.0. The second-order valence-corrected chi connectivity index (χ2v) is 2.92. The molecule has 0 unspecified atom stereocenters. The number of hydrogen-bond donors (Lipinski definition) is 0. The van der Waals surface area contributed by atoms with Crippen LogP contribution in [0.2, 0.25) is 0 Å². The number of hydrogen-bond acceptors (Lipinski definition) is 2. The number of ether oxygens (including phenoxy) is 1. The van der Waals surface area contributed by atoms with Crippen LogP contribution in [0.25, 0.3) is 0 Å². The molecule has 1 aliphatic carbocycles. The van der Waals surface area contributed by atoms with E-state index in [2.05, 4.69) is 23.0 Å². The second kappa shape index (κ2) is 5.36. The van der Waals surface area contributed by atoms with E-state index in [4.69, 9.17) is 0 Å². The van der Waals surface area contributed by atoms with Crippen LogP contribution in [0, 0.1) is 0 Å². The summed E-state index contributed by atoms with van der Waals surface area (Å²) in [5, 5.41) is 0. The van der Waals surface area contributed by atoms with Gasteiger partial charge in [0.15, 0.2) is 0 Å². The molecule has 0 heterocycles. The first-order chi connectivity index (χ1) is 6.33. The Morgan fingerprint density at radius 2 is 2.54 bits per heavy atom. The minimum atomic E-state index is -0.285. The Balaban J connectivity index is 2.33. The molecule has 0 amide bonds. The van der Waals surface area contributed by atoms with Crippen LogP contribution in [-0.2, 0) is 9.53 Å². The van der Waals surface area contributed by atoms with Crippen LogP contribution in [0.1, 0.15) is 19.3 Å². The van der Waals surface area contributed by atoms with E-state index in [0.29, 0.717) is 0 Å². The van der Waals surface area contributed by atoms with Crippen LogP contribution >= 0.6 is 0 Å². The van der Waals surface area contributed by atoms with E-state index >= 15 is 0 Å². The van der Waals surface area contributed by atoms with Crippen molar-refractivity contribution in [2.75, 3.05) is 7.11 Å². The molecule has 0 aromatic heterocycles. The molecule has 0 saturated heterocycles. The minimum Gasteiger partial charge on any atom is -0.466 e. The maximum atomic E-state index is 10.7. The number of allylic oxidation sites excluding steroid dienone is 5. The van der Waals surface area contributed by atoms with Crippen molar-refractivity contribution in [3.05, 3.63) is 36.0 Å². The van der Waals surface area contributed by atoms with Crippen molar-refractivity contribution in [3.8, 4) is 0 Å². The van der Waals surface area contributed by atoms with E-state index in [-0.39, 0.29) is 5.97 Å². The summed E-state index contributed by atoms with van der Waals surface area (Å²) in [4.78, 5) is 10.7. The zero-order valence-corrected chi connectivity index (χ0v) is 7.82. The highest BCUT2D eigenvalue weighted by Gasteiger charge is 1.97. The normalized spacial score (nSPS) is 15.9. The van der Waals surface area contributed by atoms with Gasteiger partial charge in [-0.25, -0.2) is 4.79 Å². The van der Waals surface area contributed by atoms with Crippen LogP contribution in [-0.4, -0.2) is 13.1 Å². The largest absolute Gasteiger partial charge is 0.466 e. The van der Waals surface area contributed by atoms with Gasteiger partial charge < -0.3 is 4.74 Å². The van der Waals surface area contributed by atoms with Gasteiger partial charge >= 0.3 is 5.97 Å². The van der Waals surface area contributed by atoms with Gasteiger partial charge in [0.25, 0.3) is 0 Å². The molecule has 0 N–H and O–H groups in total. The fraction of sp³-hybridized carbons (Fsp3) is 0.364. The number of esters is 1. The van der Waals surface area contributed by atoms with E-state index in [1.165, 1.54) is 18.8 Å². The van der Waals surface area contributed by atoms with Crippen LogP contribution in [0.3, 0.4) is 0 Å². The lowest BCUT2D eigenvalue weighted by molar-refractivity contribution is -0.134. The molecule has 0 bridgehead atoms. The van der Waals surface area contributed by atoms with E-state index in [1.807, 2.05) is 6.08 Å². The molecular weight excluding hydrogens is 164 g/mol. The zero-order chi connectivity index (χ0) is 9.52. The minimum absolute atomic E-state index is 0.285. The van der Waals surface area contributed by atoms with Gasteiger partial charge in [-0.3, -0.25) is 0 Å². The van der Waals surface area contributed by atoms with Crippen LogP contribution in [0.15, 0.2) is 36.0 Å². The monoisotopic (exact) mass is 178 g/mol. The Bertz CT molecular complexity index is 259. The second-order valence-electron chi connectivity index (χ2n) is 2.92. The SMILES string of the molecule is COC(=O)/C=C\CC1=CC=CCC1. The van der Waals surface area contributed by atoms with Crippen LogP contribution in [0.4, 0.5) is 0 Å². The fourth-order valence-corrected chi connectivity index (χ4v) is 1.20. The summed E-state index contributed by atoms with van der Waals surface area (Å²) in [5.41, 5.74) is 1.36. The third kappa shape index (κ3) is 3.74. The quantitative estimate of drug-likeness (QED) is 0.490. The van der Waals surface area contributed by atoms with Gasteiger partial charge in [0.05, 0.1) is 7.11 Å². The molecule has 2 heteroatoms. The van der Waals surface area contributed by atoms with Gasteiger partial charge in [0.1, 0.15) is 0 Å². The summed E-state index contributed by atoms with van der Waals surface area (Å²) >= 11 is 0. The Kier molecular flexibility index (Phi) is 4.03. The highest BCUT2D eigenvalue weighted by atomic mass is 16.5. The van der Waals surface area contributed by atoms with Crippen molar-refractivity contribution < 1.29 is 9.53 Å². The molecule has 13 heavy (non-hydrogen) atoms. The predicted octanol–water partition coefficient (Wildman–Crippen LogP) is 2.38. The standard InChI is InChI=1S/C11H14O2/c1-13-11(12)9-5-8-10-6-3-2-4-7-10/h2-3,5-6,9H,4,7-8H2,1H3/b9-5-. The number of carbonyl (C=O) groups is 1. The van der Waals surface area contributed by atoms with Crippen molar-refractivity contribution in [2.45, 2.75) is 19.3 Å². The van der Waals surface area contributed by atoms with Crippen molar-refractivity contribution in [1.82, 2.24) is 0 Å². The molecule has 0 atom stereocenters. The topological polar surface area (TPSA) is 26.3 Å². The third-order valence-corrected chi connectivity index (χ3v) is 1.94. The molecule has 0 aromatic carbocycles. The molecule has 2 nitrogen and oxygen atoms in total. The lowest BCUT2D eigenvalue weighted by Crippen LogP contribution is -1.94. The Morgan fingerprint density at radius 3 is 3.15 bits per heavy atom. The lowest BCUT2D eigenvalue weighted by Gasteiger charge is -2.04. The average Bonchev–Trinajstić information content (AvgIpc) is 2.19. The third-order valence-electron chi connectivity index (χ3n) is 1.94. The average molecular weight is 178 g/mol. The summed E-state index contributed by atoms with van der Waals surface area (Å²) in [6.45, 7) is 0. The van der Waals surface area contributed by atoms with Gasteiger partial charge in [0, 0.05) is 6.08 Å². The van der Waals surface area contributed by atoms with Crippen molar-refractivity contribution in [1.29, 1.82) is 0 Å². The summed E-state index contributed by atoms with van der Waals surface area (Å²) < 4.78 is 4.48. The first-order valence-electron chi connectivity index (χ1n) is 4.42. The van der Waals surface area contributed by atoms with E-state index < -0.39 is 0 Å². The highest BCUT2D eigenvalue weighted by molar-refractivity contribution is 5.81. The molecule has 0 radical (unpaired) electrons. The van der Waals surface area contributed by atoms with Crippen molar-refractivity contribution in [2.24, 2.45) is 0 Å². The van der Waals surface area contributed by atoms with E-state index in [9.17, 15) is 4.79 Å². The highest BCUT2D eigenvalue weighted by Crippen LogP contribution is 2.15. The van der Waals surface area contributed by atoms with Crippen molar-refractivity contribution in [3.63, 3.8) is 0 Å². The zero-order valence-electron chi connectivity index (χ0n) is 7.82. The van der Waals surface area contributed by atoms with E-state index in [1.54, 1.807) is 0 Å². The molecular formula is C11H14O2. The van der Waals surface area contributed by atoms with Gasteiger partial charge in [-0.15, -0.1) is 0 Å². The number of methoxy groups -OCH3 is 1. The first-order valence-corrected chi connectivity index (χ1v) is 4.42. The molecule has 1 rings (SSSR count). The first kappa shape index (κ1) is 9.78. The van der Waals surface area contributed by atoms with Crippen LogP contribution in [0.5, 0.6) is 0 Å².